The van der Waals surface area contributed by atoms with Crippen LogP contribution in [0.2, 0.25) is 0 Å². The number of morpholine rings is 1. The summed E-state index contributed by atoms with van der Waals surface area (Å²) in [7, 11) is 3.47. The Morgan fingerprint density at radius 1 is 1.12 bits per heavy atom. The van der Waals surface area contributed by atoms with Crippen LogP contribution in [0.1, 0.15) is 31.2 Å². The van der Waals surface area contributed by atoms with Crippen molar-refractivity contribution < 1.29 is 14.2 Å². The van der Waals surface area contributed by atoms with Crippen molar-refractivity contribution >= 4 is 0 Å². The van der Waals surface area contributed by atoms with E-state index in [2.05, 4.69) is 15.9 Å². The van der Waals surface area contributed by atoms with E-state index in [1.807, 2.05) is 12.1 Å². The maximum atomic E-state index is 5.59. The average molecular weight is 348 g/mol. The lowest BCUT2D eigenvalue weighted by molar-refractivity contribution is 0.0301. The molecule has 5 nitrogen and oxygen atoms in total. The molecule has 0 atom stereocenters. The molecule has 2 aliphatic rings. The highest BCUT2D eigenvalue weighted by molar-refractivity contribution is 5.40. The van der Waals surface area contributed by atoms with Crippen LogP contribution in [-0.2, 0) is 11.3 Å². The number of hydrogen-bond acceptors (Lipinski definition) is 5. The van der Waals surface area contributed by atoms with Crippen LogP contribution in [0.4, 0.5) is 0 Å². The summed E-state index contributed by atoms with van der Waals surface area (Å²) in [6.45, 7) is 6.99. The summed E-state index contributed by atoms with van der Waals surface area (Å²) in [5, 5.41) is 0. The fourth-order valence-electron chi connectivity index (χ4n) is 3.98. The Balaban J connectivity index is 1.68. The Morgan fingerprint density at radius 3 is 2.56 bits per heavy atom. The van der Waals surface area contributed by atoms with E-state index in [1.54, 1.807) is 14.2 Å². The van der Waals surface area contributed by atoms with Gasteiger partial charge in [-0.3, -0.25) is 9.80 Å². The summed E-state index contributed by atoms with van der Waals surface area (Å²) in [5.41, 5.74) is 1.22. The van der Waals surface area contributed by atoms with E-state index >= 15 is 0 Å². The highest BCUT2D eigenvalue weighted by Crippen LogP contribution is 2.29. The van der Waals surface area contributed by atoms with E-state index in [-0.39, 0.29) is 0 Å². The Bertz CT molecular complexity index is 526. The number of nitrogens with zero attached hydrogens (tertiary/aromatic N) is 2. The van der Waals surface area contributed by atoms with Gasteiger partial charge in [0.25, 0.3) is 0 Å². The van der Waals surface area contributed by atoms with Gasteiger partial charge in [-0.05, 0) is 31.0 Å². The molecule has 0 radical (unpaired) electrons. The summed E-state index contributed by atoms with van der Waals surface area (Å²) in [6, 6.07) is 6.80. The zero-order chi connectivity index (χ0) is 17.5. The lowest BCUT2D eigenvalue weighted by Gasteiger charge is -2.33. The number of methoxy groups -OCH3 is 2. The van der Waals surface area contributed by atoms with Crippen molar-refractivity contribution in [2.75, 3.05) is 53.6 Å². The molecule has 25 heavy (non-hydrogen) atoms. The third-order valence-corrected chi connectivity index (χ3v) is 5.51. The smallest absolute Gasteiger partial charge is 0.123 e. The Kier molecular flexibility index (Phi) is 6.96. The van der Waals surface area contributed by atoms with Gasteiger partial charge in [0.1, 0.15) is 11.5 Å². The van der Waals surface area contributed by atoms with Crippen LogP contribution in [0.3, 0.4) is 0 Å². The van der Waals surface area contributed by atoms with Gasteiger partial charge in [0.2, 0.25) is 0 Å². The first-order valence-electron chi connectivity index (χ1n) is 9.55. The summed E-state index contributed by atoms with van der Waals surface area (Å²) in [4.78, 5) is 5.17. The van der Waals surface area contributed by atoms with Crippen LogP contribution < -0.4 is 9.47 Å². The first-order chi connectivity index (χ1) is 12.3. The molecule has 0 aromatic heterocycles. The lowest BCUT2D eigenvalue weighted by Crippen LogP contribution is -2.43. The van der Waals surface area contributed by atoms with Crippen LogP contribution in [0.5, 0.6) is 11.5 Å². The SMILES string of the molecule is COc1ccc(OC)c(CN(CCN2CCOCC2)C2CCCC2)c1. The Hall–Kier alpha value is -1.30. The molecule has 0 spiro atoms. The molecule has 2 fully saturated rings. The maximum absolute atomic E-state index is 5.59. The number of benzene rings is 1. The topological polar surface area (TPSA) is 34.2 Å². The van der Waals surface area contributed by atoms with Crippen molar-refractivity contribution in [3.05, 3.63) is 23.8 Å². The first kappa shape index (κ1) is 18.5. The van der Waals surface area contributed by atoms with Gasteiger partial charge in [-0.1, -0.05) is 12.8 Å². The monoisotopic (exact) mass is 348 g/mol. The highest BCUT2D eigenvalue weighted by atomic mass is 16.5. The van der Waals surface area contributed by atoms with Crippen LogP contribution in [0, 0.1) is 0 Å². The summed E-state index contributed by atoms with van der Waals surface area (Å²) < 4.78 is 16.5. The van der Waals surface area contributed by atoms with Gasteiger partial charge >= 0.3 is 0 Å². The molecule has 1 aromatic carbocycles. The van der Waals surface area contributed by atoms with Crippen molar-refractivity contribution in [3.63, 3.8) is 0 Å². The van der Waals surface area contributed by atoms with E-state index in [0.29, 0.717) is 6.04 Å². The number of hydrogen-bond donors (Lipinski definition) is 0. The first-order valence-corrected chi connectivity index (χ1v) is 9.55. The van der Waals surface area contributed by atoms with Gasteiger partial charge in [0.05, 0.1) is 27.4 Å². The molecule has 1 saturated heterocycles. The van der Waals surface area contributed by atoms with Crippen molar-refractivity contribution in [3.8, 4) is 11.5 Å². The van der Waals surface area contributed by atoms with Crippen LogP contribution in [0.25, 0.3) is 0 Å². The fourth-order valence-corrected chi connectivity index (χ4v) is 3.98. The molecular formula is C20H32N2O3. The molecule has 1 saturated carbocycles. The zero-order valence-electron chi connectivity index (χ0n) is 15.7. The summed E-state index contributed by atoms with van der Waals surface area (Å²) in [6.07, 6.45) is 5.34. The van der Waals surface area contributed by atoms with E-state index in [0.717, 1.165) is 57.4 Å². The average Bonchev–Trinajstić information content (AvgIpc) is 3.20. The second kappa shape index (κ2) is 9.41. The van der Waals surface area contributed by atoms with Crippen molar-refractivity contribution in [2.24, 2.45) is 0 Å². The van der Waals surface area contributed by atoms with Crippen LogP contribution >= 0.6 is 0 Å². The van der Waals surface area contributed by atoms with Gasteiger partial charge < -0.3 is 14.2 Å². The van der Waals surface area contributed by atoms with Crippen LogP contribution in [-0.4, -0.2) is 69.5 Å². The minimum absolute atomic E-state index is 0.692. The third kappa shape index (κ3) is 5.09. The van der Waals surface area contributed by atoms with E-state index < -0.39 is 0 Å². The Morgan fingerprint density at radius 2 is 1.88 bits per heavy atom. The summed E-state index contributed by atoms with van der Waals surface area (Å²) in [5.74, 6) is 1.85. The molecule has 0 unspecified atom stereocenters. The van der Waals surface area contributed by atoms with Crippen molar-refractivity contribution in [1.82, 2.24) is 9.80 Å². The van der Waals surface area contributed by atoms with Crippen molar-refractivity contribution in [1.29, 1.82) is 0 Å². The largest absolute Gasteiger partial charge is 0.497 e. The predicted octanol–water partition coefficient (Wildman–Crippen LogP) is 2.78. The van der Waals surface area contributed by atoms with Gasteiger partial charge in [0.15, 0.2) is 0 Å². The van der Waals surface area contributed by atoms with E-state index in [1.165, 1.54) is 31.2 Å². The van der Waals surface area contributed by atoms with Gasteiger partial charge in [-0.2, -0.15) is 0 Å². The molecule has 0 N–H and O–H groups in total. The third-order valence-electron chi connectivity index (χ3n) is 5.51. The maximum Gasteiger partial charge on any atom is 0.123 e. The normalized spacial score (nSPS) is 19.5. The number of rotatable bonds is 8. The molecular weight excluding hydrogens is 316 g/mol. The number of ether oxygens (including phenoxy) is 3. The quantitative estimate of drug-likeness (QED) is 0.722. The fraction of sp³-hybridized carbons (Fsp3) is 0.700. The minimum atomic E-state index is 0.692. The van der Waals surface area contributed by atoms with E-state index in [9.17, 15) is 0 Å². The zero-order valence-corrected chi connectivity index (χ0v) is 15.7. The molecule has 1 aromatic rings. The predicted molar refractivity (Wildman–Crippen MR) is 99.5 cm³/mol. The lowest BCUT2D eigenvalue weighted by atomic mass is 10.1. The van der Waals surface area contributed by atoms with Crippen LogP contribution in [0.15, 0.2) is 18.2 Å². The molecule has 3 rings (SSSR count). The second-order valence-electron chi connectivity index (χ2n) is 7.04. The molecule has 1 aliphatic carbocycles. The molecule has 5 heteroatoms. The van der Waals surface area contributed by atoms with Gasteiger partial charge in [0, 0.05) is 44.3 Å². The molecule has 0 amide bonds. The van der Waals surface area contributed by atoms with Crippen molar-refractivity contribution in [2.45, 2.75) is 38.3 Å². The minimum Gasteiger partial charge on any atom is -0.497 e. The standard InChI is InChI=1S/C20H32N2O3/c1-23-19-7-8-20(24-2)17(15-19)16-22(18-5-3-4-6-18)10-9-21-11-13-25-14-12-21/h7-8,15,18H,3-6,9-14,16H2,1-2H3. The molecule has 1 heterocycles. The molecule has 140 valence electrons. The summed E-state index contributed by atoms with van der Waals surface area (Å²) >= 11 is 0. The Labute approximate surface area is 151 Å². The van der Waals surface area contributed by atoms with Gasteiger partial charge in [-0.15, -0.1) is 0 Å². The highest BCUT2D eigenvalue weighted by Gasteiger charge is 2.24. The molecule has 1 aliphatic heterocycles. The van der Waals surface area contributed by atoms with Gasteiger partial charge in [-0.25, -0.2) is 0 Å². The molecule has 0 bridgehead atoms. The second-order valence-corrected chi connectivity index (χ2v) is 7.04. The van der Waals surface area contributed by atoms with E-state index in [4.69, 9.17) is 14.2 Å².